The second-order valence-electron chi connectivity index (χ2n) is 3.57. The summed E-state index contributed by atoms with van der Waals surface area (Å²) in [5.41, 5.74) is 6.14. The summed E-state index contributed by atoms with van der Waals surface area (Å²) in [5.74, 6) is -0.393. The van der Waals surface area contributed by atoms with Crippen LogP contribution < -0.4 is 11.2 Å². The summed E-state index contributed by atoms with van der Waals surface area (Å²) in [4.78, 5) is 15.1. The Morgan fingerprint density at radius 1 is 1.41 bits per heavy atom. The standard InChI is InChI=1S/C11H9BrFN3O/c12-9-5-16(6-10(14)11(9)17)4-7-1-8(13)3-15-2-7/h1-3,5-6H,4,14H2. The maximum atomic E-state index is 12.9. The number of halogens is 2. The minimum Gasteiger partial charge on any atom is -0.394 e. The molecule has 2 N–H and O–H groups in total. The van der Waals surface area contributed by atoms with Gasteiger partial charge in [0.05, 0.1) is 16.4 Å². The molecule has 2 aromatic rings. The van der Waals surface area contributed by atoms with Crippen LogP contribution in [-0.2, 0) is 6.54 Å². The van der Waals surface area contributed by atoms with Gasteiger partial charge in [-0.3, -0.25) is 9.78 Å². The van der Waals surface area contributed by atoms with Gasteiger partial charge in [-0.15, -0.1) is 0 Å². The second kappa shape index (κ2) is 4.67. The number of hydrogen-bond acceptors (Lipinski definition) is 3. The molecule has 0 spiro atoms. The maximum Gasteiger partial charge on any atom is 0.218 e. The quantitative estimate of drug-likeness (QED) is 0.919. The number of anilines is 1. The van der Waals surface area contributed by atoms with Crippen LogP contribution in [0.25, 0.3) is 0 Å². The number of nitrogen functional groups attached to an aromatic ring is 1. The predicted molar refractivity (Wildman–Crippen MR) is 66.1 cm³/mol. The average molecular weight is 298 g/mol. The third-order valence-electron chi connectivity index (χ3n) is 2.19. The first-order valence-corrected chi connectivity index (χ1v) is 5.60. The molecule has 0 aromatic carbocycles. The summed E-state index contributed by atoms with van der Waals surface area (Å²) in [6, 6.07) is 1.38. The van der Waals surface area contributed by atoms with Crippen LogP contribution in [0.15, 0.2) is 40.1 Å². The van der Waals surface area contributed by atoms with Crippen molar-refractivity contribution in [1.29, 1.82) is 0 Å². The molecule has 6 heteroatoms. The molecule has 4 nitrogen and oxygen atoms in total. The van der Waals surface area contributed by atoms with Gasteiger partial charge in [-0.1, -0.05) is 0 Å². The highest BCUT2D eigenvalue weighted by Crippen LogP contribution is 2.09. The van der Waals surface area contributed by atoms with Crippen molar-refractivity contribution >= 4 is 21.6 Å². The Kier molecular flexibility index (Phi) is 3.23. The Labute approximate surface area is 105 Å². The normalized spacial score (nSPS) is 10.5. The molecule has 0 unspecified atom stereocenters. The van der Waals surface area contributed by atoms with Crippen molar-refractivity contribution in [3.8, 4) is 0 Å². The zero-order valence-electron chi connectivity index (χ0n) is 8.73. The van der Waals surface area contributed by atoms with Crippen molar-refractivity contribution in [3.05, 3.63) is 56.9 Å². The van der Waals surface area contributed by atoms with Crippen LogP contribution in [-0.4, -0.2) is 9.55 Å². The molecule has 0 aliphatic carbocycles. The van der Waals surface area contributed by atoms with E-state index in [9.17, 15) is 9.18 Å². The van der Waals surface area contributed by atoms with E-state index in [2.05, 4.69) is 20.9 Å². The average Bonchev–Trinajstić information content (AvgIpc) is 2.26. The molecule has 0 bridgehead atoms. The Hall–Kier alpha value is -1.69. The van der Waals surface area contributed by atoms with Crippen molar-refractivity contribution in [2.75, 3.05) is 5.73 Å². The summed E-state index contributed by atoms with van der Waals surface area (Å²) < 4.78 is 15.0. The smallest absolute Gasteiger partial charge is 0.218 e. The summed E-state index contributed by atoms with van der Waals surface area (Å²) in [6.45, 7) is 0.397. The van der Waals surface area contributed by atoms with Gasteiger partial charge in [0.2, 0.25) is 5.43 Å². The molecule has 0 fully saturated rings. The van der Waals surface area contributed by atoms with Gasteiger partial charge < -0.3 is 10.3 Å². The number of nitrogens with two attached hydrogens (primary N) is 1. The minimum absolute atomic E-state index is 0.142. The van der Waals surface area contributed by atoms with Crippen LogP contribution in [0.1, 0.15) is 5.56 Å². The first-order chi connectivity index (χ1) is 8.06. The van der Waals surface area contributed by atoms with Gasteiger partial charge in [0.15, 0.2) is 0 Å². The fraction of sp³-hybridized carbons (Fsp3) is 0.0909. The highest BCUT2D eigenvalue weighted by atomic mass is 79.9. The zero-order chi connectivity index (χ0) is 12.4. The van der Waals surface area contributed by atoms with E-state index in [1.807, 2.05) is 0 Å². The number of nitrogens with zero attached hydrogens (tertiary/aromatic N) is 2. The lowest BCUT2D eigenvalue weighted by Crippen LogP contribution is -2.13. The predicted octanol–water partition coefficient (Wildman–Crippen LogP) is 1.78. The molecule has 0 aliphatic heterocycles. The Balaban J connectivity index is 2.34. The van der Waals surface area contributed by atoms with Crippen LogP contribution in [0.4, 0.5) is 10.1 Å². The fourth-order valence-corrected chi connectivity index (χ4v) is 1.95. The molecule has 2 aromatic heterocycles. The fourth-order valence-electron chi connectivity index (χ4n) is 1.46. The van der Waals surface area contributed by atoms with E-state index in [1.165, 1.54) is 12.3 Å². The number of hydrogen-bond donors (Lipinski definition) is 1. The third-order valence-corrected chi connectivity index (χ3v) is 2.75. The van der Waals surface area contributed by atoms with E-state index in [4.69, 9.17) is 5.73 Å². The topological polar surface area (TPSA) is 60.9 Å². The van der Waals surface area contributed by atoms with Gasteiger partial charge in [-0.2, -0.15) is 0 Å². The second-order valence-corrected chi connectivity index (χ2v) is 4.43. The molecular formula is C11H9BrFN3O. The van der Waals surface area contributed by atoms with Crippen LogP contribution in [0, 0.1) is 5.82 Å². The van der Waals surface area contributed by atoms with E-state index in [0.717, 1.165) is 6.20 Å². The van der Waals surface area contributed by atoms with Gasteiger partial charge in [-0.25, -0.2) is 4.39 Å². The first-order valence-electron chi connectivity index (χ1n) is 4.81. The molecule has 88 valence electrons. The summed E-state index contributed by atoms with van der Waals surface area (Å²) in [6.07, 6.45) is 5.81. The Bertz CT molecular complexity index is 586. The van der Waals surface area contributed by atoms with E-state index in [1.54, 1.807) is 17.0 Å². The summed E-state index contributed by atoms with van der Waals surface area (Å²) >= 11 is 3.12. The first kappa shape index (κ1) is 11.8. The number of aromatic nitrogens is 2. The molecule has 0 saturated heterocycles. The molecule has 0 aliphatic rings. The van der Waals surface area contributed by atoms with Crippen molar-refractivity contribution in [2.45, 2.75) is 6.54 Å². The molecule has 2 heterocycles. The largest absolute Gasteiger partial charge is 0.394 e. The van der Waals surface area contributed by atoms with E-state index in [0.29, 0.717) is 16.6 Å². The zero-order valence-corrected chi connectivity index (χ0v) is 10.3. The molecule has 0 amide bonds. The van der Waals surface area contributed by atoms with Crippen LogP contribution in [0.2, 0.25) is 0 Å². The van der Waals surface area contributed by atoms with Crippen LogP contribution >= 0.6 is 15.9 Å². The lowest BCUT2D eigenvalue weighted by molar-refractivity contribution is 0.616. The van der Waals surface area contributed by atoms with Gasteiger partial charge in [0.1, 0.15) is 5.82 Å². The van der Waals surface area contributed by atoms with Crippen LogP contribution in [0.3, 0.4) is 0 Å². The SMILES string of the molecule is Nc1cn(Cc2cncc(F)c2)cc(Br)c1=O. The monoisotopic (exact) mass is 297 g/mol. The van der Waals surface area contributed by atoms with Crippen LogP contribution in [0.5, 0.6) is 0 Å². The number of rotatable bonds is 2. The molecule has 17 heavy (non-hydrogen) atoms. The molecule has 2 rings (SSSR count). The Morgan fingerprint density at radius 3 is 2.82 bits per heavy atom. The van der Waals surface area contributed by atoms with Gasteiger partial charge in [0.25, 0.3) is 0 Å². The van der Waals surface area contributed by atoms with E-state index >= 15 is 0 Å². The summed E-state index contributed by atoms with van der Waals surface area (Å²) in [5, 5.41) is 0. The summed E-state index contributed by atoms with van der Waals surface area (Å²) in [7, 11) is 0. The molecule has 0 atom stereocenters. The van der Waals surface area contributed by atoms with E-state index < -0.39 is 5.82 Å². The maximum absolute atomic E-state index is 12.9. The molecule has 0 saturated carbocycles. The molecular weight excluding hydrogens is 289 g/mol. The van der Waals surface area contributed by atoms with Crippen molar-refractivity contribution < 1.29 is 4.39 Å². The number of pyridine rings is 2. The minimum atomic E-state index is -0.393. The Morgan fingerprint density at radius 2 is 2.18 bits per heavy atom. The van der Waals surface area contributed by atoms with E-state index in [-0.39, 0.29) is 11.1 Å². The van der Waals surface area contributed by atoms with Crippen molar-refractivity contribution in [1.82, 2.24) is 9.55 Å². The highest BCUT2D eigenvalue weighted by molar-refractivity contribution is 9.10. The van der Waals surface area contributed by atoms with Gasteiger partial charge in [0, 0.05) is 25.1 Å². The third kappa shape index (κ3) is 2.71. The van der Waals surface area contributed by atoms with Crippen molar-refractivity contribution in [3.63, 3.8) is 0 Å². The molecule has 0 radical (unpaired) electrons. The van der Waals surface area contributed by atoms with Gasteiger partial charge in [-0.05, 0) is 27.6 Å². The van der Waals surface area contributed by atoms with Gasteiger partial charge >= 0.3 is 0 Å². The highest BCUT2D eigenvalue weighted by Gasteiger charge is 2.03. The lowest BCUT2D eigenvalue weighted by Gasteiger charge is -2.08. The van der Waals surface area contributed by atoms with Crippen molar-refractivity contribution in [2.24, 2.45) is 0 Å². The lowest BCUT2D eigenvalue weighted by atomic mass is 10.2.